The summed E-state index contributed by atoms with van der Waals surface area (Å²) in [5.74, 6) is 0.413. The third-order valence-corrected chi connectivity index (χ3v) is 3.89. The molecule has 2 heterocycles. The fourth-order valence-corrected chi connectivity index (χ4v) is 2.87. The van der Waals surface area contributed by atoms with Gasteiger partial charge in [0.15, 0.2) is 0 Å². The lowest BCUT2D eigenvalue weighted by molar-refractivity contribution is 0.0603. The Bertz CT molecular complexity index is 758. The van der Waals surface area contributed by atoms with E-state index in [2.05, 4.69) is 15.3 Å². The summed E-state index contributed by atoms with van der Waals surface area (Å²) >= 11 is 1.63. The zero-order chi connectivity index (χ0) is 13.4. The van der Waals surface area contributed by atoms with Crippen LogP contribution < -0.4 is 0 Å². The summed E-state index contributed by atoms with van der Waals surface area (Å²) in [6.45, 7) is 2.04. The van der Waals surface area contributed by atoms with E-state index in [1.165, 1.54) is 12.7 Å². The zero-order valence-electron chi connectivity index (χ0n) is 10.6. The van der Waals surface area contributed by atoms with Crippen LogP contribution in [0.5, 0.6) is 0 Å². The van der Waals surface area contributed by atoms with Gasteiger partial charge < -0.3 is 9.72 Å². The van der Waals surface area contributed by atoms with Crippen molar-refractivity contribution >= 4 is 28.3 Å². The maximum absolute atomic E-state index is 11.7. The van der Waals surface area contributed by atoms with Crippen LogP contribution in [0, 0.1) is 6.92 Å². The molecule has 1 aromatic carbocycles. The second kappa shape index (κ2) is 4.51. The summed E-state index contributed by atoms with van der Waals surface area (Å²) in [4.78, 5) is 19.5. The quantitative estimate of drug-likeness (QED) is 0.727. The van der Waals surface area contributed by atoms with Crippen LogP contribution >= 0.6 is 11.3 Å². The SMILES string of the molecule is COC(=O)c1cccc2[nH]c(-c3cscc3C)nc12. The molecule has 0 atom stereocenters. The lowest BCUT2D eigenvalue weighted by Gasteiger charge is -1.98. The number of para-hydroxylation sites is 1. The van der Waals surface area contributed by atoms with Gasteiger partial charge in [-0.05, 0) is 30.0 Å². The van der Waals surface area contributed by atoms with Crippen molar-refractivity contribution in [2.75, 3.05) is 7.11 Å². The Hall–Kier alpha value is -2.14. The largest absolute Gasteiger partial charge is 0.465 e. The van der Waals surface area contributed by atoms with E-state index in [4.69, 9.17) is 4.74 Å². The predicted octanol–water partition coefficient (Wildman–Crippen LogP) is 3.39. The number of imidazole rings is 1. The van der Waals surface area contributed by atoms with Gasteiger partial charge in [-0.1, -0.05) is 6.07 Å². The van der Waals surface area contributed by atoms with E-state index in [0.29, 0.717) is 11.1 Å². The number of carbonyl (C=O) groups is 1. The fourth-order valence-electron chi connectivity index (χ4n) is 2.04. The summed E-state index contributed by atoms with van der Waals surface area (Å²) in [5, 5.41) is 4.12. The number of esters is 1. The number of aromatic amines is 1. The molecular weight excluding hydrogens is 260 g/mol. The minimum Gasteiger partial charge on any atom is -0.465 e. The molecule has 0 amide bonds. The van der Waals surface area contributed by atoms with Crippen LogP contribution in [0.2, 0.25) is 0 Å². The summed E-state index contributed by atoms with van der Waals surface area (Å²) < 4.78 is 4.78. The number of nitrogens with one attached hydrogen (secondary N) is 1. The number of hydrogen-bond acceptors (Lipinski definition) is 4. The number of aryl methyl sites for hydroxylation is 1. The van der Waals surface area contributed by atoms with Gasteiger partial charge in [0.25, 0.3) is 0 Å². The molecule has 0 saturated carbocycles. The van der Waals surface area contributed by atoms with Crippen molar-refractivity contribution in [3.05, 3.63) is 40.1 Å². The molecule has 0 bridgehead atoms. The fraction of sp³-hybridized carbons (Fsp3) is 0.143. The first-order valence-electron chi connectivity index (χ1n) is 5.81. The maximum atomic E-state index is 11.7. The minimum atomic E-state index is -0.370. The Kier molecular flexibility index (Phi) is 2.83. The van der Waals surface area contributed by atoms with Gasteiger partial charge in [0.1, 0.15) is 11.3 Å². The number of aromatic nitrogens is 2. The van der Waals surface area contributed by atoms with E-state index < -0.39 is 0 Å². The van der Waals surface area contributed by atoms with E-state index in [-0.39, 0.29) is 5.97 Å². The molecule has 96 valence electrons. The number of methoxy groups -OCH3 is 1. The number of fused-ring (bicyclic) bond motifs is 1. The number of carbonyl (C=O) groups excluding carboxylic acids is 1. The van der Waals surface area contributed by atoms with Crippen molar-refractivity contribution in [2.24, 2.45) is 0 Å². The number of ether oxygens (including phenoxy) is 1. The lowest BCUT2D eigenvalue weighted by atomic mass is 10.2. The van der Waals surface area contributed by atoms with E-state index in [0.717, 1.165) is 16.9 Å². The first-order chi connectivity index (χ1) is 9.20. The smallest absolute Gasteiger partial charge is 0.340 e. The highest BCUT2D eigenvalue weighted by molar-refractivity contribution is 7.08. The molecule has 0 radical (unpaired) electrons. The molecule has 19 heavy (non-hydrogen) atoms. The van der Waals surface area contributed by atoms with Gasteiger partial charge >= 0.3 is 5.97 Å². The van der Waals surface area contributed by atoms with E-state index in [9.17, 15) is 4.79 Å². The second-order valence-corrected chi connectivity index (χ2v) is 4.99. The molecule has 0 aliphatic carbocycles. The van der Waals surface area contributed by atoms with Gasteiger partial charge in [0, 0.05) is 10.9 Å². The maximum Gasteiger partial charge on any atom is 0.340 e. The summed E-state index contributed by atoms with van der Waals surface area (Å²) in [5.41, 5.74) is 4.20. The number of rotatable bonds is 2. The van der Waals surface area contributed by atoms with Crippen molar-refractivity contribution in [1.82, 2.24) is 9.97 Å². The third-order valence-electron chi connectivity index (χ3n) is 3.03. The number of hydrogen-bond donors (Lipinski definition) is 1. The molecular formula is C14H12N2O2S. The average molecular weight is 272 g/mol. The molecule has 0 fully saturated rings. The number of nitrogens with zero attached hydrogens (tertiary/aromatic N) is 1. The van der Waals surface area contributed by atoms with Crippen molar-refractivity contribution in [3.8, 4) is 11.4 Å². The average Bonchev–Trinajstić information content (AvgIpc) is 3.02. The van der Waals surface area contributed by atoms with Crippen molar-refractivity contribution in [1.29, 1.82) is 0 Å². The standard InChI is InChI=1S/C14H12N2O2S/c1-8-6-19-7-10(8)13-15-11-5-3-4-9(12(11)16-13)14(17)18-2/h3-7H,1-2H3,(H,15,16). The molecule has 1 N–H and O–H groups in total. The van der Waals surface area contributed by atoms with E-state index in [1.807, 2.05) is 24.4 Å². The highest BCUT2D eigenvalue weighted by Crippen LogP contribution is 2.27. The van der Waals surface area contributed by atoms with Crippen LogP contribution in [0.25, 0.3) is 22.4 Å². The monoisotopic (exact) mass is 272 g/mol. The predicted molar refractivity (Wildman–Crippen MR) is 75.5 cm³/mol. The first-order valence-corrected chi connectivity index (χ1v) is 6.75. The lowest BCUT2D eigenvalue weighted by Crippen LogP contribution is -2.01. The Morgan fingerprint density at radius 1 is 1.37 bits per heavy atom. The minimum absolute atomic E-state index is 0.370. The zero-order valence-corrected chi connectivity index (χ0v) is 11.4. The van der Waals surface area contributed by atoms with Gasteiger partial charge in [0.2, 0.25) is 0 Å². The van der Waals surface area contributed by atoms with Gasteiger partial charge in [-0.3, -0.25) is 0 Å². The normalized spacial score (nSPS) is 10.8. The van der Waals surface area contributed by atoms with Crippen LogP contribution in [0.4, 0.5) is 0 Å². The van der Waals surface area contributed by atoms with Gasteiger partial charge in [0.05, 0.1) is 18.2 Å². The highest BCUT2D eigenvalue weighted by atomic mass is 32.1. The van der Waals surface area contributed by atoms with Crippen molar-refractivity contribution in [2.45, 2.75) is 6.92 Å². The van der Waals surface area contributed by atoms with Crippen LogP contribution in [0.15, 0.2) is 29.0 Å². The van der Waals surface area contributed by atoms with E-state index >= 15 is 0 Å². The van der Waals surface area contributed by atoms with Crippen LogP contribution in [0.1, 0.15) is 15.9 Å². The van der Waals surface area contributed by atoms with Crippen LogP contribution in [-0.2, 0) is 4.74 Å². The highest BCUT2D eigenvalue weighted by Gasteiger charge is 2.15. The first kappa shape index (κ1) is 11.9. The topological polar surface area (TPSA) is 55.0 Å². The van der Waals surface area contributed by atoms with Crippen molar-refractivity contribution in [3.63, 3.8) is 0 Å². The van der Waals surface area contributed by atoms with Gasteiger partial charge in [-0.25, -0.2) is 9.78 Å². The molecule has 0 unspecified atom stereocenters. The Morgan fingerprint density at radius 2 is 2.21 bits per heavy atom. The molecule has 0 saturated heterocycles. The van der Waals surface area contributed by atoms with Crippen molar-refractivity contribution < 1.29 is 9.53 Å². The Morgan fingerprint density at radius 3 is 2.89 bits per heavy atom. The summed E-state index contributed by atoms with van der Waals surface area (Å²) in [7, 11) is 1.37. The third kappa shape index (κ3) is 1.92. The molecule has 3 aromatic rings. The number of thiophene rings is 1. The molecule has 2 aromatic heterocycles. The Balaban J connectivity index is 2.21. The summed E-state index contributed by atoms with van der Waals surface area (Å²) in [6, 6.07) is 5.44. The molecule has 4 nitrogen and oxygen atoms in total. The molecule has 5 heteroatoms. The van der Waals surface area contributed by atoms with Crippen LogP contribution in [-0.4, -0.2) is 23.0 Å². The molecule has 0 aliphatic heterocycles. The summed E-state index contributed by atoms with van der Waals surface area (Å²) in [6.07, 6.45) is 0. The Labute approximate surface area is 114 Å². The van der Waals surface area contributed by atoms with Gasteiger partial charge in [-0.15, -0.1) is 0 Å². The molecule has 0 spiro atoms. The van der Waals surface area contributed by atoms with Gasteiger partial charge in [-0.2, -0.15) is 11.3 Å². The number of benzene rings is 1. The molecule has 3 rings (SSSR count). The van der Waals surface area contributed by atoms with E-state index in [1.54, 1.807) is 17.4 Å². The number of H-pyrrole nitrogens is 1. The molecule has 0 aliphatic rings. The second-order valence-electron chi connectivity index (χ2n) is 4.25. The van der Waals surface area contributed by atoms with Crippen LogP contribution in [0.3, 0.4) is 0 Å².